The molecule has 0 aromatic carbocycles. The second-order valence-electron chi connectivity index (χ2n) is 6.34. The van der Waals surface area contributed by atoms with Gasteiger partial charge in [-0.05, 0) is 37.3 Å². The van der Waals surface area contributed by atoms with E-state index in [0.29, 0.717) is 11.3 Å². The quantitative estimate of drug-likeness (QED) is 0.840. The van der Waals surface area contributed by atoms with Crippen molar-refractivity contribution in [2.75, 3.05) is 7.11 Å². The van der Waals surface area contributed by atoms with Crippen molar-refractivity contribution in [1.29, 1.82) is 0 Å². The van der Waals surface area contributed by atoms with Crippen molar-refractivity contribution < 1.29 is 18.7 Å². The van der Waals surface area contributed by atoms with E-state index >= 15 is 0 Å². The van der Waals surface area contributed by atoms with Gasteiger partial charge in [0.25, 0.3) is 5.91 Å². The molecule has 1 amide bonds. The summed E-state index contributed by atoms with van der Waals surface area (Å²) in [6.45, 7) is 5.28. The van der Waals surface area contributed by atoms with Crippen LogP contribution in [0.4, 0.5) is 0 Å². The zero-order valence-electron chi connectivity index (χ0n) is 14.0. The van der Waals surface area contributed by atoms with Crippen molar-refractivity contribution in [2.24, 2.45) is 5.92 Å². The standard InChI is InChI=1S/C17H23NO5/c1-9(2)14(17(21)22-4)18-15(19)13-10(3)8-12(23-16(13)20)11-6-5-7-11/h8-9,11,14H,5-7H2,1-4H3,(H,18,19)/t14-/m0/s1. The van der Waals surface area contributed by atoms with Crippen LogP contribution in [0.15, 0.2) is 15.3 Å². The number of nitrogens with one attached hydrogen (secondary N) is 1. The fraction of sp³-hybridized carbons (Fsp3) is 0.588. The van der Waals surface area contributed by atoms with Crippen LogP contribution in [0, 0.1) is 12.8 Å². The lowest BCUT2D eigenvalue weighted by Gasteiger charge is -2.24. The fourth-order valence-corrected chi connectivity index (χ4v) is 2.64. The Kier molecular flexibility index (Phi) is 5.23. The van der Waals surface area contributed by atoms with E-state index in [2.05, 4.69) is 10.1 Å². The van der Waals surface area contributed by atoms with Crippen LogP contribution in [0.2, 0.25) is 0 Å². The third-order valence-corrected chi connectivity index (χ3v) is 4.31. The molecular formula is C17H23NO5. The number of esters is 1. The lowest BCUT2D eigenvalue weighted by Crippen LogP contribution is -2.46. The maximum Gasteiger partial charge on any atom is 0.349 e. The van der Waals surface area contributed by atoms with Crippen LogP contribution in [-0.4, -0.2) is 25.0 Å². The summed E-state index contributed by atoms with van der Waals surface area (Å²) in [5.41, 5.74) is -0.146. The van der Waals surface area contributed by atoms with Crippen LogP contribution >= 0.6 is 0 Å². The van der Waals surface area contributed by atoms with E-state index in [-0.39, 0.29) is 17.4 Å². The summed E-state index contributed by atoms with van der Waals surface area (Å²) in [6.07, 6.45) is 3.14. The average Bonchev–Trinajstić information content (AvgIpc) is 2.41. The van der Waals surface area contributed by atoms with Gasteiger partial charge in [-0.15, -0.1) is 0 Å². The lowest BCUT2D eigenvalue weighted by atomic mass is 9.83. The third-order valence-electron chi connectivity index (χ3n) is 4.31. The number of hydrogen-bond acceptors (Lipinski definition) is 5. The van der Waals surface area contributed by atoms with Gasteiger partial charge in [0.1, 0.15) is 17.4 Å². The van der Waals surface area contributed by atoms with Gasteiger partial charge < -0.3 is 14.5 Å². The summed E-state index contributed by atoms with van der Waals surface area (Å²) in [6, 6.07) is 0.945. The van der Waals surface area contributed by atoms with Crippen LogP contribution in [0.3, 0.4) is 0 Å². The normalized spacial score (nSPS) is 15.9. The molecule has 1 aromatic rings. The van der Waals surface area contributed by atoms with Gasteiger partial charge >= 0.3 is 11.6 Å². The van der Waals surface area contributed by atoms with E-state index in [1.165, 1.54) is 7.11 Å². The molecule has 0 unspecified atom stereocenters. The van der Waals surface area contributed by atoms with Crippen molar-refractivity contribution in [3.05, 3.63) is 33.4 Å². The first kappa shape index (κ1) is 17.2. The van der Waals surface area contributed by atoms with Crippen LogP contribution in [-0.2, 0) is 9.53 Å². The van der Waals surface area contributed by atoms with Crippen molar-refractivity contribution in [3.8, 4) is 0 Å². The Bertz CT molecular complexity index is 657. The van der Waals surface area contributed by atoms with Gasteiger partial charge in [-0.3, -0.25) is 4.79 Å². The predicted molar refractivity (Wildman–Crippen MR) is 84.4 cm³/mol. The number of amides is 1. The molecule has 0 radical (unpaired) electrons. The minimum absolute atomic E-state index is 0.0531. The fourth-order valence-electron chi connectivity index (χ4n) is 2.64. The minimum atomic E-state index is -0.808. The average molecular weight is 321 g/mol. The third kappa shape index (κ3) is 3.63. The molecule has 6 nitrogen and oxygen atoms in total. The molecule has 0 spiro atoms. The maximum atomic E-state index is 12.4. The number of methoxy groups -OCH3 is 1. The van der Waals surface area contributed by atoms with Gasteiger partial charge in [-0.2, -0.15) is 0 Å². The highest BCUT2D eigenvalue weighted by atomic mass is 16.5. The molecule has 126 valence electrons. The molecule has 6 heteroatoms. The molecule has 1 heterocycles. The van der Waals surface area contributed by atoms with Gasteiger partial charge in [0.2, 0.25) is 0 Å². The molecule has 0 bridgehead atoms. The molecule has 1 saturated carbocycles. The van der Waals surface area contributed by atoms with Crippen LogP contribution < -0.4 is 10.9 Å². The number of carbonyl (C=O) groups is 2. The van der Waals surface area contributed by atoms with E-state index < -0.39 is 23.5 Å². The predicted octanol–water partition coefficient (Wildman–Crippen LogP) is 2.14. The molecule has 0 saturated heterocycles. The molecule has 1 aromatic heterocycles. The molecule has 1 aliphatic rings. The monoisotopic (exact) mass is 321 g/mol. The van der Waals surface area contributed by atoms with Gasteiger partial charge in [0.05, 0.1) is 7.11 Å². The van der Waals surface area contributed by atoms with E-state index in [1.54, 1.807) is 26.8 Å². The zero-order chi connectivity index (χ0) is 17.1. The first-order valence-electron chi connectivity index (χ1n) is 7.88. The minimum Gasteiger partial charge on any atom is -0.467 e. The number of ether oxygens (including phenoxy) is 1. The summed E-state index contributed by atoms with van der Waals surface area (Å²) < 4.78 is 10.00. The Labute approximate surface area is 135 Å². The molecule has 1 atom stereocenters. The Morgan fingerprint density at radius 3 is 2.43 bits per heavy atom. The summed E-state index contributed by atoms with van der Waals surface area (Å²) in [7, 11) is 1.26. The van der Waals surface area contributed by atoms with Gasteiger partial charge in [-0.25, -0.2) is 9.59 Å². The summed E-state index contributed by atoms with van der Waals surface area (Å²) in [5, 5.41) is 2.57. The highest BCUT2D eigenvalue weighted by molar-refractivity contribution is 5.97. The Hall–Kier alpha value is -2.11. The van der Waals surface area contributed by atoms with E-state index in [4.69, 9.17) is 4.42 Å². The van der Waals surface area contributed by atoms with Gasteiger partial charge in [0, 0.05) is 5.92 Å². The Balaban J connectivity index is 2.25. The van der Waals surface area contributed by atoms with E-state index in [1.807, 2.05) is 0 Å². The molecular weight excluding hydrogens is 298 g/mol. The van der Waals surface area contributed by atoms with Crippen molar-refractivity contribution in [1.82, 2.24) is 5.32 Å². The van der Waals surface area contributed by atoms with E-state index in [0.717, 1.165) is 19.3 Å². The number of hydrogen-bond donors (Lipinski definition) is 1. The Morgan fingerprint density at radius 2 is 2.00 bits per heavy atom. The number of aryl methyl sites for hydroxylation is 1. The van der Waals surface area contributed by atoms with Gasteiger partial charge in [0.15, 0.2) is 0 Å². The molecule has 0 aliphatic heterocycles. The first-order chi connectivity index (χ1) is 10.8. The summed E-state index contributed by atoms with van der Waals surface area (Å²) in [4.78, 5) is 36.3. The molecule has 1 N–H and O–H groups in total. The van der Waals surface area contributed by atoms with Crippen LogP contribution in [0.5, 0.6) is 0 Å². The SMILES string of the molecule is COC(=O)[C@@H](NC(=O)c1c(C)cc(C2CCC2)oc1=O)C(C)C. The zero-order valence-corrected chi connectivity index (χ0v) is 14.0. The second-order valence-corrected chi connectivity index (χ2v) is 6.34. The smallest absolute Gasteiger partial charge is 0.349 e. The van der Waals surface area contributed by atoms with Crippen molar-refractivity contribution in [3.63, 3.8) is 0 Å². The van der Waals surface area contributed by atoms with Crippen LogP contribution in [0.1, 0.15) is 60.7 Å². The highest BCUT2D eigenvalue weighted by Crippen LogP contribution is 2.36. The van der Waals surface area contributed by atoms with Crippen molar-refractivity contribution >= 4 is 11.9 Å². The maximum absolute atomic E-state index is 12.4. The van der Waals surface area contributed by atoms with Crippen molar-refractivity contribution in [2.45, 2.75) is 52.0 Å². The Morgan fingerprint density at radius 1 is 1.35 bits per heavy atom. The first-order valence-corrected chi connectivity index (χ1v) is 7.88. The lowest BCUT2D eigenvalue weighted by molar-refractivity contribution is -0.144. The second kappa shape index (κ2) is 6.98. The van der Waals surface area contributed by atoms with E-state index in [9.17, 15) is 14.4 Å². The highest BCUT2D eigenvalue weighted by Gasteiger charge is 2.29. The van der Waals surface area contributed by atoms with Gasteiger partial charge in [-0.1, -0.05) is 20.3 Å². The number of carbonyl (C=O) groups excluding carboxylic acids is 2. The molecule has 2 rings (SSSR count). The largest absolute Gasteiger partial charge is 0.467 e. The summed E-state index contributed by atoms with van der Waals surface area (Å²) in [5.74, 6) is -0.393. The molecule has 1 aliphatic carbocycles. The number of rotatable bonds is 5. The van der Waals surface area contributed by atoms with Crippen LogP contribution in [0.25, 0.3) is 0 Å². The summed E-state index contributed by atoms with van der Waals surface area (Å²) >= 11 is 0. The molecule has 1 fully saturated rings. The topological polar surface area (TPSA) is 85.6 Å². The molecule has 23 heavy (non-hydrogen) atoms.